The average molecular weight is 320 g/mol. The highest BCUT2D eigenvalue weighted by atomic mass is 32.2. The second-order valence-electron chi connectivity index (χ2n) is 5.63. The molecular weight excluding hydrogens is 296 g/mol. The van der Waals surface area contributed by atoms with Crippen LogP contribution < -0.4 is 5.32 Å². The van der Waals surface area contributed by atoms with E-state index in [1.807, 2.05) is 0 Å². The Bertz CT molecular complexity index is 447. The Balaban J connectivity index is 1.86. The van der Waals surface area contributed by atoms with Crippen molar-refractivity contribution in [3.8, 4) is 0 Å². The Morgan fingerprint density at radius 3 is 2.57 bits per heavy atom. The molecule has 2 heterocycles. The molecule has 1 unspecified atom stereocenters. The van der Waals surface area contributed by atoms with Crippen LogP contribution in [-0.2, 0) is 19.4 Å². The van der Waals surface area contributed by atoms with Gasteiger partial charge in [0.2, 0.25) is 5.91 Å². The summed E-state index contributed by atoms with van der Waals surface area (Å²) in [6, 6.07) is -0.328. The molecule has 0 bridgehead atoms. The minimum atomic E-state index is -3.05. The van der Waals surface area contributed by atoms with E-state index in [1.54, 1.807) is 0 Å². The Morgan fingerprint density at radius 1 is 1.29 bits per heavy atom. The normalized spacial score (nSPS) is 25.9. The molecule has 21 heavy (non-hydrogen) atoms. The molecule has 1 atom stereocenters. The smallest absolute Gasteiger partial charge is 0.248 e. The Hall–Kier alpha value is -0.700. The molecule has 2 rings (SSSR count). The summed E-state index contributed by atoms with van der Waals surface area (Å²) in [6.45, 7) is 1.73. The van der Waals surface area contributed by atoms with E-state index in [4.69, 9.17) is 9.84 Å². The van der Waals surface area contributed by atoms with Gasteiger partial charge in [0.05, 0.1) is 24.2 Å². The van der Waals surface area contributed by atoms with E-state index in [0.717, 1.165) is 25.9 Å². The lowest BCUT2D eigenvalue weighted by Gasteiger charge is -2.29. The number of hydrogen-bond acceptors (Lipinski definition) is 6. The van der Waals surface area contributed by atoms with E-state index in [0.29, 0.717) is 6.42 Å². The summed E-state index contributed by atoms with van der Waals surface area (Å²) >= 11 is 0. The standard InChI is InChI=1S/C13H24N2O5S/c16-7-6-15(11-3-8-21(18,19)10-11)13(17)9-20-12-1-4-14-5-2-12/h11-12,14,16H,1-10H2. The van der Waals surface area contributed by atoms with Gasteiger partial charge in [-0.3, -0.25) is 4.79 Å². The lowest BCUT2D eigenvalue weighted by Crippen LogP contribution is -2.45. The van der Waals surface area contributed by atoms with Crippen molar-refractivity contribution >= 4 is 15.7 Å². The molecule has 2 aliphatic heterocycles. The first kappa shape index (κ1) is 16.7. The first-order valence-electron chi connectivity index (χ1n) is 7.45. The van der Waals surface area contributed by atoms with E-state index < -0.39 is 9.84 Å². The van der Waals surface area contributed by atoms with E-state index in [2.05, 4.69) is 5.32 Å². The number of nitrogens with one attached hydrogen (secondary N) is 1. The quantitative estimate of drug-likeness (QED) is 0.636. The van der Waals surface area contributed by atoms with Crippen molar-refractivity contribution in [3.05, 3.63) is 0 Å². The van der Waals surface area contributed by atoms with Crippen LogP contribution in [0.15, 0.2) is 0 Å². The molecule has 0 aromatic carbocycles. The molecule has 0 aliphatic carbocycles. The van der Waals surface area contributed by atoms with Crippen LogP contribution in [0, 0.1) is 0 Å². The second kappa shape index (κ2) is 7.53. The minimum absolute atomic E-state index is 0.00785. The van der Waals surface area contributed by atoms with Gasteiger partial charge in [0.25, 0.3) is 0 Å². The van der Waals surface area contributed by atoms with Gasteiger partial charge in [0.15, 0.2) is 9.84 Å². The van der Waals surface area contributed by atoms with Crippen LogP contribution in [-0.4, -0.2) is 80.8 Å². The molecule has 0 aromatic heterocycles. The maximum Gasteiger partial charge on any atom is 0.248 e. The van der Waals surface area contributed by atoms with Crippen molar-refractivity contribution in [1.82, 2.24) is 10.2 Å². The summed E-state index contributed by atoms with van der Waals surface area (Å²) < 4.78 is 28.7. The molecule has 2 aliphatic rings. The summed E-state index contributed by atoms with van der Waals surface area (Å²) in [7, 11) is -3.05. The SMILES string of the molecule is O=C(COC1CCNCC1)N(CCO)C1CCS(=O)(=O)C1. The van der Waals surface area contributed by atoms with Gasteiger partial charge in [-0.25, -0.2) is 8.42 Å². The number of rotatable bonds is 6. The number of nitrogens with zero attached hydrogens (tertiary/aromatic N) is 1. The van der Waals surface area contributed by atoms with Crippen LogP contribution in [0.25, 0.3) is 0 Å². The molecule has 1 amide bonds. The van der Waals surface area contributed by atoms with Gasteiger partial charge in [-0.15, -0.1) is 0 Å². The third-order valence-corrected chi connectivity index (χ3v) is 5.79. The third-order valence-electron chi connectivity index (χ3n) is 4.04. The topological polar surface area (TPSA) is 95.9 Å². The molecule has 122 valence electrons. The molecule has 2 saturated heterocycles. The van der Waals surface area contributed by atoms with Crippen molar-refractivity contribution < 1.29 is 23.1 Å². The molecule has 0 saturated carbocycles. The van der Waals surface area contributed by atoms with Gasteiger partial charge in [-0.05, 0) is 32.4 Å². The first-order chi connectivity index (χ1) is 10.0. The van der Waals surface area contributed by atoms with Crippen LogP contribution in [0.5, 0.6) is 0 Å². The fourth-order valence-electron chi connectivity index (χ4n) is 2.87. The Morgan fingerprint density at radius 2 is 2.00 bits per heavy atom. The number of hydrogen-bond donors (Lipinski definition) is 2. The van der Waals surface area contributed by atoms with E-state index in [9.17, 15) is 13.2 Å². The second-order valence-corrected chi connectivity index (χ2v) is 7.86. The molecule has 2 N–H and O–H groups in total. The summed E-state index contributed by atoms with van der Waals surface area (Å²) in [6.07, 6.45) is 2.29. The molecule has 0 aromatic rings. The Kier molecular flexibility index (Phi) is 5.98. The van der Waals surface area contributed by atoms with Gasteiger partial charge in [0.1, 0.15) is 6.61 Å². The number of sulfone groups is 1. The van der Waals surface area contributed by atoms with Crippen molar-refractivity contribution in [2.45, 2.75) is 31.4 Å². The maximum atomic E-state index is 12.3. The summed E-state index contributed by atoms with van der Waals surface area (Å²) in [5, 5.41) is 12.3. The van der Waals surface area contributed by atoms with Crippen molar-refractivity contribution in [1.29, 1.82) is 0 Å². The van der Waals surface area contributed by atoms with E-state index in [1.165, 1.54) is 4.90 Å². The predicted molar refractivity (Wildman–Crippen MR) is 77.7 cm³/mol. The average Bonchev–Trinajstić information content (AvgIpc) is 2.83. The van der Waals surface area contributed by atoms with Crippen LogP contribution in [0.2, 0.25) is 0 Å². The number of ether oxygens (including phenoxy) is 1. The van der Waals surface area contributed by atoms with E-state index >= 15 is 0 Å². The fourth-order valence-corrected chi connectivity index (χ4v) is 4.60. The van der Waals surface area contributed by atoms with Crippen LogP contribution >= 0.6 is 0 Å². The highest BCUT2D eigenvalue weighted by molar-refractivity contribution is 7.91. The summed E-state index contributed by atoms with van der Waals surface area (Å²) in [4.78, 5) is 13.7. The van der Waals surface area contributed by atoms with Gasteiger partial charge < -0.3 is 20.1 Å². The lowest BCUT2D eigenvalue weighted by molar-refractivity contribution is -0.141. The zero-order valence-electron chi connectivity index (χ0n) is 12.2. The molecular formula is C13H24N2O5S. The van der Waals surface area contributed by atoms with Crippen molar-refractivity contribution in [2.75, 3.05) is 44.4 Å². The number of aliphatic hydroxyl groups is 1. The Labute approximate surface area is 125 Å². The summed E-state index contributed by atoms with van der Waals surface area (Å²) in [5.74, 6) is -0.127. The number of aliphatic hydroxyl groups excluding tert-OH is 1. The number of piperidine rings is 1. The summed E-state index contributed by atoms with van der Waals surface area (Å²) in [5.41, 5.74) is 0. The maximum absolute atomic E-state index is 12.3. The zero-order chi connectivity index (χ0) is 15.3. The lowest BCUT2D eigenvalue weighted by atomic mass is 10.1. The third kappa shape index (κ3) is 4.91. The molecule has 0 spiro atoms. The largest absolute Gasteiger partial charge is 0.395 e. The number of carbonyl (C=O) groups excluding carboxylic acids is 1. The van der Waals surface area contributed by atoms with Crippen LogP contribution in [0.4, 0.5) is 0 Å². The monoisotopic (exact) mass is 320 g/mol. The minimum Gasteiger partial charge on any atom is -0.395 e. The van der Waals surface area contributed by atoms with E-state index in [-0.39, 0.29) is 49.3 Å². The van der Waals surface area contributed by atoms with Gasteiger partial charge in [-0.2, -0.15) is 0 Å². The van der Waals surface area contributed by atoms with Crippen molar-refractivity contribution in [3.63, 3.8) is 0 Å². The fraction of sp³-hybridized carbons (Fsp3) is 0.923. The van der Waals surface area contributed by atoms with Gasteiger partial charge in [0, 0.05) is 12.6 Å². The molecule has 0 radical (unpaired) electrons. The first-order valence-corrected chi connectivity index (χ1v) is 9.27. The highest BCUT2D eigenvalue weighted by Crippen LogP contribution is 2.18. The van der Waals surface area contributed by atoms with Crippen LogP contribution in [0.3, 0.4) is 0 Å². The van der Waals surface area contributed by atoms with Crippen molar-refractivity contribution in [2.24, 2.45) is 0 Å². The molecule has 7 nitrogen and oxygen atoms in total. The van der Waals surface area contributed by atoms with Gasteiger partial charge in [-0.1, -0.05) is 0 Å². The zero-order valence-corrected chi connectivity index (χ0v) is 13.0. The molecule has 2 fully saturated rings. The highest BCUT2D eigenvalue weighted by Gasteiger charge is 2.34. The number of amides is 1. The van der Waals surface area contributed by atoms with Gasteiger partial charge >= 0.3 is 0 Å². The van der Waals surface area contributed by atoms with Crippen LogP contribution in [0.1, 0.15) is 19.3 Å². The number of carbonyl (C=O) groups is 1. The predicted octanol–water partition coefficient (Wildman–Crippen LogP) is -1.24. The molecule has 8 heteroatoms.